The predicted octanol–water partition coefficient (Wildman–Crippen LogP) is 4.14. The molecule has 1 aliphatic heterocycles. The van der Waals surface area contributed by atoms with Gasteiger partial charge >= 0.3 is 5.97 Å². The van der Waals surface area contributed by atoms with Gasteiger partial charge in [-0.2, -0.15) is 0 Å². The van der Waals surface area contributed by atoms with Gasteiger partial charge in [0, 0.05) is 22.9 Å². The molecule has 5 nitrogen and oxygen atoms in total. The van der Waals surface area contributed by atoms with Gasteiger partial charge in [0.15, 0.2) is 0 Å². The SMILES string of the molecule is COC(=O)c1cc(NC(=O)c2ccccc2SC[C@@H]2CCCO2)ccc1F. The minimum Gasteiger partial charge on any atom is -0.465 e. The molecule has 7 heteroatoms. The summed E-state index contributed by atoms with van der Waals surface area (Å²) >= 11 is 1.58. The Labute approximate surface area is 161 Å². The van der Waals surface area contributed by atoms with E-state index in [9.17, 15) is 14.0 Å². The van der Waals surface area contributed by atoms with Gasteiger partial charge in [-0.05, 0) is 43.2 Å². The Morgan fingerprint density at radius 2 is 2.07 bits per heavy atom. The highest BCUT2D eigenvalue weighted by molar-refractivity contribution is 7.99. The molecule has 1 saturated heterocycles. The number of amides is 1. The Bertz CT molecular complexity index is 836. The first kappa shape index (κ1) is 19.4. The molecule has 2 aromatic carbocycles. The lowest BCUT2D eigenvalue weighted by Gasteiger charge is -2.13. The van der Waals surface area contributed by atoms with Crippen molar-refractivity contribution in [1.82, 2.24) is 0 Å². The Morgan fingerprint density at radius 3 is 2.81 bits per heavy atom. The van der Waals surface area contributed by atoms with E-state index in [-0.39, 0.29) is 17.6 Å². The lowest BCUT2D eigenvalue weighted by Crippen LogP contribution is -2.15. The van der Waals surface area contributed by atoms with Gasteiger partial charge in [0.1, 0.15) is 5.82 Å². The zero-order valence-electron chi connectivity index (χ0n) is 14.9. The monoisotopic (exact) mass is 389 g/mol. The number of carbonyl (C=O) groups excluding carboxylic acids is 2. The van der Waals surface area contributed by atoms with Crippen molar-refractivity contribution in [3.8, 4) is 0 Å². The molecule has 0 unspecified atom stereocenters. The zero-order valence-corrected chi connectivity index (χ0v) is 15.7. The van der Waals surface area contributed by atoms with Crippen molar-refractivity contribution in [3.63, 3.8) is 0 Å². The number of methoxy groups -OCH3 is 1. The third kappa shape index (κ3) is 4.87. The minimum atomic E-state index is -0.795. The summed E-state index contributed by atoms with van der Waals surface area (Å²) in [6.45, 7) is 0.792. The first-order valence-electron chi connectivity index (χ1n) is 8.61. The number of carbonyl (C=O) groups is 2. The highest BCUT2D eigenvalue weighted by atomic mass is 32.2. The van der Waals surface area contributed by atoms with E-state index in [1.54, 1.807) is 23.9 Å². The van der Waals surface area contributed by atoms with Crippen molar-refractivity contribution in [2.45, 2.75) is 23.8 Å². The van der Waals surface area contributed by atoms with Gasteiger partial charge in [0.05, 0.1) is 24.3 Å². The van der Waals surface area contributed by atoms with Gasteiger partial charge in [0.2, 0.25) is 0 Å². The van der Waals surface area contributed by atoms with E-state index >= 15 is 0 Å². The highest BCUT2D eigenvalue weighted by Gasteiger charge is 2.19. The maximum Gasteiger partial charge on any atom is 0.340 e. The average molecular weight is 389 g/mol. The van der Waals surface area contributed by atoms with Crippen LogP contribution in [0.4, 0.5) is 10.1 Å². The molecule has 0 bridgehead atoms. The number of benzene rings is 2. The molecule has 1 amide bonds. The second-order valence-corrected chi connectivity index (χ2v) is 7.14. The zero-order chi connectivity index (χ0) is 19.2. The molecule has 2 aromatic rings. The van der Waals surface area contributed by atoms with Crippen LogP contribution in [0.2, 0.25) is 0 Å². The smallest absolute Gasteiger partial charge is 0.340 e. The number of thioether (sulfide) groups is 1. The van der Waals surface area contributed by atoms with Crippen molar-refractivity contribution in [2.75, 3.05) is 24.8 Å². The van der Waals surface area contributed by atoms with E-state index in [0.29, 0.717) is 11.3 Å². The minimum absolute atomic E-state index is 0.214. The van der Waals surface area contributed by atoms with Gasteiger partial charge < -0.3 is 14.8 Å². The number of esters is 1. The lowest BCUT2D eigenvalue weighted by molar-refractivity contribution is 0.0595. The van der Waals surface area contributed by atoms with Crippen LogP contribution >= 0.6 is 11.8 Å². The predicted molar refractivity (Wildman–Crippen MR) is 102 cm³/mol. The summed E-state index contributed by atoms with van der Waals surface area (Å²) in [4.78, 5) is 25.2. The summed E-state index contributed by atoms with van der Waals surface area (Å²) in [6.07, 6.45) is 2.32. The first-order chi connectivity index (χ1) is 13.1. The quantitative estimate of drug-likeness (QED) is 0.594. The standard InChI is InChI=1S/C20H20FNO4S/c1-25-20(24)16-11-13(8-9-17(16)21)22-19(23)15-6-2-3-7-18(15)27-12-14-5-4-10-26-14/h2-3,6-9,11,14H,4-5,10,12H2,1H3,(H,22,23)/t14-/m0/s1. The largest absolute Gasteiger partial charge is 0.465 e. The average Bonchev–Trinajstić information content (AvgIpc) is 3.21. The Morgan fingerprint density at radius 1 is 1.26 bits per heavy atom. The normalized spacial score (nSPS) is 16.1. The summed E-state index contributed by atoms with van der Waals surface area (Å²) in [5.74, 6) is -1.04. The Balaban J connectivity index is 1.73. The Kier molecular flexibility index (Phi) is 6.47. The lowest BCUT2D eigenvalue weighted by atomic mass is 10.1. The van der Waals surface area contributed by atoms with Crippen molar-refractivity contribution in [2.24, 2.45) is 0 Å². The topological polar surface area (TPSA) is 64.6 Å². The maximum absolute atomic E-state index is 13.8. The molecule has 3 rings (SSSR count). The molecule has 1 heterocycles. The van der Waals surface area contributed by atoms with Crippen molar-refractivity contribution in [1.29, 1.82) is 0 Å². The highest BCUT2D eigenvalue weighted by Crippen LogP contribution is 2.27. The summed E-state index contributed by atoms with van der Waals surface area (Å²) in [7, 11) is 1.18. The van der Waals surface area contributed by atoms with E-state index in [4.69, 9.17) is 4.74 Å². The maximum atomic E-state index is 13.8. The van der Waals surface area contributed by atoms with Crippen molar-refractivity contribution >= 4 is 29.3 Å². The fourth-order valence-electron chi connectivity index (χ4n) is 2.81. The van der Waals surface area contributed by atoms with Crippen LogP contribution in [-0.2, 0) is 9.47 Å². The van der Waals surface area contributed by atoms with Crippen molar-refractivity contribution in [3.05, 3.63) is 59.4 Å². The molecular formula is C20H20FNO4S. The number of halogens is 1. The number of hydrogen-bond donors (Lipinski definition) is 1. The molecule has 1 fully saturated rings. The molecule has 1 atom stereocenters. The number of anilines is 1. The summed E-state index contributed by atoms with van der Waals surface area (Å²) < 4.78 is 23.9. The van der Waals surface area contributed by atoms with Crippen LogP contribution in [0, 0.1) is 5.82 Å². The third-order valence-electron chi connectivity index (χ3n) is 4.21. The van der Waals surface area contributed by atoms with Gasteiger partial charge in [-0.15, -0.1) is 11.8 Å². The summed E-state index contributed by atoms with van der Waals surface area (Å²) in [5.41, 5.74) is 0.613. The van der Waals surface area contributed by atoms with Crippen molar-refractivity contribution < 1.29 is 23.5 Å². The summed E-state index contributed by atoms with van der Waals surface area (Å²) in [6, 6.07) is 11.1. The van der Waals surface area contributed by atoms with Gasteiger partial charge in [-0.3, -0.25) is 4.79 Å². The second-order valence-electron chi connectivity index (χ2n) is 6.08. The number of ether oxygens (including phenoxy) is 2. The number of hydrogen-bond acceptors (Lipinski definition) is 5. The van der Waals surface area contributed by atoms with E-state index in [1.165, 1.54) is 19.2 Å². The molecule has 0 spiro atoms. The van der Waals surface area contributed by atoms with Crippen LogP contribution in [0.1, 0.15) is 33.6 Å². The van der Waals surface area contributed by atoms with E-state index in [0.717, 1.165) is 36.2 Å². The number of rotatable bonds is 6. The van der Waals surface area contributed by atoms with Gasteiger partial charge in [0.25, 0.3) is 5.91 Å². The molecule has 0 aromatic heterocycles. The molecule has 142 valence electrons. The summed E-state index contributed by atoms with van der Waals surface area (Å²) in [5, 5.41) is 2.72. The van der Waals surface area contributed by atoms with E-state index < -0.39 is 11.8 Å². The fraction of sp³-hybridized carbons (Fsp3) is 0.300. The second kappa shape index (κ2) is 9.01. The molecule has 0 radical (unpaired) electrons. The molecule has 0 aliphatic carbocycles. The van der Waals surface area contributed by atoms with Crippen LogP contribution in [-0.4, -0.2) is 37.4 Å². The third-order valence-corrected chi connectivity index (χ3v) is 5.42. The molecule has 1 N–H and O–H groups in total. The molecule has 27 heavy (non-hydrogen) atoms. The molecule has 0 saturated carbocycles. The Hall–Kier alpha value is -2.38. The fourth-order valence-corrected chi connectivity index (χ4v) is 3.93. The van der Waals surface area contributed by atoms with Crippen LogP contribution in [0.3, 0.4) is 0 Å². The van der Waals surface area contributed by atoms with E-state index in [1.807, 2.05) is 12.1 Å². The van der Waals surface area contributed by atoms with Gasteiger partial charge in [-0.25, -0.2) is 9.18 Å². The van der Waals surface area contributed by atoms with Crippen LogP contribution in [0.15, 0.2) is 47.4 Å². The molecule has 1 aliphatic rings. The van der Waals surface area contributed by atoms with E-state index in [2.05, 4.69) is 10.1 Å². The van der Waals surface area contributed by atoms with Crippen LogP contribution in [0.25, 0.3) is 0 Å². The first-order valence-corrected chi connectivity index (χ1v) is 9.59. The number of nitrogens with one attached hydrogen (secondary N) is 1. The molecular weight excluding hydrogens is 369 g/mol. The van der Waals surface area contributed by atoms with Gasteiger partial charge in [-0.1, -0.05) is 12.1 Å². The van der Waals surface area contributed by atoms with Crippen LogP contribution in [0.5, 0.6) is 0 Å². The van der Waals surface area contributed by atoms with Crippen LogP contribution < -0.4 is 5.32 Å².